The normalized spacial score (nSPS) is 17.5. The molecule has 2 aromatic rings. The number of aromatic nitrogens is 2. The van der Waals surface area contributed by atoms with Gasteiger partial charge in [-0.15, -0.1) is 0 Å². The molecule has 0 saturated carbocycles. The van der Waals surface area contributed by atoms with Crippen molar-refractivity contribution in [2.45, 2.75) is 24.4 Å². The number of ether oxygens (including phenoxy) is 1. The first-order valence-corrected chi connectivity index (χ1v) is 8.06. The summed E-state index contributed by atoms with van der Waals surface area (Å²) in [4.78, 5) is -0.00580. The Balaban J connectivity index is 1.89. The lowest BCUT2D eigenvalue weighted by Crippen LogP contribution is -2.29. The van der Waals surface area contributed by atoms with Crippen molar-refractivity contribution in [2.75, 3.05) is 12.3 Å². The smallest absolute Gasteiger partial charge is 0.246 e. The summed E-state index contributed by atoms with van der Waals surface area (Å²) in [6, 6.07) is 6.93. The number of aryl methyl sites for hydroxylation is 1. The van der Waals surface area contributed by atoms with Crippen LogP contribution in [0.5, 0.6) is 5.75 Å². The third kappa shape index (κ3) is 2.47. The number of hydrogen-bond acceptors (Lipinski definition) is 5. The van der Waals surface area contributed by atoms with Gasteiger partial charge >= 0.3 is 0 Å². The van der Waals surface area contributed by atoms with Crippen LogP contribution >= 0.6 is 0 Å². The molecule has 1 aliphatic rings. The second kappa shape index (κ2) is 5.05. The van der Waals surface area contributed by atoms with E-state index < -0.39 is 16.1 Å². The maximum atomic E-state index is 12.4. The number of anilines is 1. The molecular weight excluding hydrogens is 292 g/mol. The van der Waals surface area contributed by atoms with E-state index in [2.05, 4.69) is 9.82 Å². The summed E-state index contributed by atoms with van der Waals surface area (Å²) >= 11 is 0. The number of nitrogens with two attached hydrogens (primary N) is 1. The number of rotatable bonds is 4. The van der Waals surface area contributed by atoms with Gasteiger partial charge in [0.25, 0.3) is 0 Å². The van der Waals surface area contributed by atoms with Crippen molar-refractivity contribution in [1.82, 2.24) is 14.5 Å². The summed E-state index contributed by atoms with van der Waals surface area (Å²) in [5, 5.41) is 3.96. The van der Waals surface area contributed by atoms with Gasteiger partial charge in [-0.1, -0.05) is 18.2 Å². The van der Waals surface area contributed by atoms with Crippen molar-refractivity contribution >= 4 is 15.8 Å². The molecule has 0 amide bonds. The first kappa shape index (κ1) is 13.9. The number of nitrogens with one attached hydrogen (secondary N) is 1. The minimum Gasteiger partial charge on any atom is -0.491 e. The molecule has 0 fully saturated rings. The molecule has 0 saturated heterocycles. The molecule has 1 aromatic heterocycles. The number of hydrogen-bond donors (Lipinski definition) is 2. The second-order valence-electron chi connectivity index (χ2n) is 4.76. The van der Waals surface area contributed by atoms with E-state index in [-0.39, 0.29) is 17.3 Å². The Kier molecular flexibility index (Phi) is 3.34. The molecule has 0 radical (unpaired) electrons. The summed E-state index contributed by atoms with van der Waals surface area (Å²) in [7, 11) is -3.74. The molecule has 8 heteroatoms. The standard InChI is InChI=1S/C13H16N4O3S/c1-2-17-7-12(13(14)15-17)21(18,19)16-10-8-20-11-6-4-3-5-9(10)11/h3-7,10,16H,2,8H2,1H3,(H2,14,15). The molecule has 2 heterocycles. The molecule has 0 spiro atoms. The van der Waals surface area contributed by atoms with Crippen LogP contribution in [0.2, 0.25) is 0 Å². The van der Waals surface area contributed by atoms with Gasteiger partial charge < -0.3 is 10.5 Å². The average Bonchev–Trinajstić information content (AvgIpc) is 3.03. The highest BCUT2D eigenvalue weighted by atomic mass is 32.2. The van der Waals surface area contributed by atoms with Crippen LogP contribution in [-0.2, 0) is 16.6 Å². The third-order valence-corrected chi connectivity index (χ3v) is 4.85. The number of para-hydroxylation sites is 1. The van der Waals surface area contributed by atoms with Gasteiger partial charge in [0, 0.05) is 18.3 Å². The first-order chi connectivity index (χ1) is 10.0. The molecular formula is C13H16N4O3S. The van der Waals surface area contributed by atoms with Crippen LogP contribution in [-0.4, -0.2) is 24.8 Å². The Bertz CT molecular complexity index is 769. The lowest BCUT2D eigenvalue weighted by atomic mass is 10.1. The molecule has 3 rings (SSSR count). The minimum atomic E-state index is -3.74. The van der Waals surface area contributed by atoms with Crippen molar-refractivity contribution in [2.24, 2.45) is 0 Å². The highest BCUT2D eigenvalue weighted by Crippen LogP contribution is 2.33. The van der Waals surface area contributed by atoms with E-state index in [0.717, 1.165) is 5.56 Å². The average molecular weight is 308 g/mol. The molecule has 112 valence electrons. The first-order valence-electron chi connectivity index (χ1n) is 6.58. The van der Waals surface area contributed by atoms with Crippen molar-refractivity contribution < 1.29 is 13.2 Å². The SMILES string of the molecule is CCn1cc(S(=O)(=O)NC2COc3ccccc32)c(N)n1. The molecule has 0 bridgehead atoms. The summed E-state index contributed by atoms with van der Waals surface area (Å²) in [6.07, 6.45) is 1.43. The van der Waals surface area contributed by atoms with Crippen molar-refractivity contribution in [1.29, 1.82) is 0 Å². The van der Waals surface area contributed by atoms with Crippen LogP contribution in [0, 0.1) is 0 Å². The summed E-state index contributed by atoms with van der Waals surface area (Å²) < 4.78 is 34.5. The Morgan fingerprint density at radius 1 is 1.48 bits per heavy atom. The zero-order valence-electron chi connectivity index (χ0n) is 11.5. The van der Waals surface area contributed by atoms with Crippen molar-refractivity contribution in [3.05, 3.63) is 36.0 Å². The summed E-state index contributed by atoms with van der Waals surface area (Å²) in [6.45, 7) is 2.67. The second-order valence-corrected chi connectivity index (χ2v) is 6.44. The predicted molar refractivity (Wildman–Crippen MR) is 77.3 cm³/mol. The fourth-order valence-corrected chi connectivity index (χ4v) is 3.57. The topological polar surface area (TPSA) is 99.2 Å². The molecule has 0 aliphatic carbocycles. The third-order valence-electron chi connectivity index (χ3n) is 3.37. The van der Waals surface area contributed by atoms with Crippen molar-refractivity contribution in [3.8, 4) is 5.75 Å². The Morgan fingerprint density at radius 2 is 2.24 bits per heavy atom. The van der Waals surface area contributed by atoms with E-state index in [1.807, 2.05) is 31.2 Å². The molecule has 3 N–H and O–H groups in total. The zero-order valence-corrected chi connectivity index (χ0v) is 12.3. The summed E-state index contributed by atoms with van der Waals surface area (Å²) in [5.74, 6) is 0.693. The van der Waals surface area contributed by atoms with E-state index in [1.165, 1.54) is 10.9 Å². The zero-order chi connectivity index (χ0) is 15.0. The van der Waals surface area contributed by atoms with Crippen LogP contribution in [0.3, 0.4) is 0 Å². The van der Waals surface area contributed by atoms with E-state index in [0.29, 0.717) is 12.3 Å². The van der Waals surface area contributed by atoms with Crippen LogP contribution < -0.4 is 15.2 Å². The number of benzene rings is 1. The van der Waals surface area contributed by atoms with Crippen LogP contribution in [0.1, 0.15) is 18.5 Å². The van der Waals surface area contributed by atoms with Gasteiger partial charge in [-0.3, -0.25) is 4.68 Å². The van der Waals surface area contributed by atoms with Gasteiger partial charge in [-0.2, -0.15) is 9.82 Å². The van der Waals surface area contributed by atoms with Gasteiger partial charge in [0.05, 0.1) is 6.04 Å². The Hall–Kier alpha value is -2.06. The highest BCUT2D eigenvalue weighted by Gasteiger charge is 2.30. The van der Waals surface area contributed by atoms with E-state index in [1.54, 1.807) is 0 Å². The lowest BCUT2D eigenvalue weighted by molar-refractivity contribution is 0.325. The van der Waals surface area contributed by atoms with E-state index in [4.69, 9.17) is 10.5 Å². The van der Waals surface area contributed by atoms with Crippen LogP contribution in [0.25, 0.3) is 0 Å². The quantitative estimate of drug-likeness (QED) is 0.874. The fourth-order valence-electron chi connectivity index (χ4n) is 2.30. The van der Waals surface area contributed by atoms with Gasteiger partial charge in [-0.05, 0) is 13.0 Å². The lowest BCUT2D eigenvalue weighted by Gasteiger charge is -2.11. The van der Waals surface area contributed by atoms with Crippen LogP contribution in [0.15, 0.2) is 35.4 Å². The number of nitrogen functional groups attached to an aromatic ring is 1. The van der Waals surface area contributed by atoms with Crippen molar-refractivity contribution in [3.63, 3.8) is 0 Å². The minimum absolute atomic E-state index is 0.00319. The molecule has 1 aliphatic heterocycles. The van der Waals surface area contributed by atoms with E-state index >= 15 is 0 Å². The fraction of sp³-hybridized carbons (Fsp3) is 0.308. The maximum Gasteiger partial charge on any atom is 0.246 e. The highest BCUT2D eigenvalue weighted by molar-refractivity contribution is 7.89. The molecule has 7 nitrogen and oxygen atoms in total. The van der Waals surface area contributed by atoms with Gasteiger partial charge in [0.2, 0.25) is 10.0 Å². The maximum absolute atomic E-state index is 12.4. The Morgan fingerprint density at radius 3 is 2.95 bits per heavy atom. The predicted octanol–water partition coefficient (Wildman–Crippen LogP) is 0.897. The summed E-state index contributed by atoms with van der Waals surface area (Å²) in [5.41, 5.74) is 6.51. The largest absolute Gasteiger partial charge is 0.491 e. The molecule has 1 unspecified atom stereocenters. The van der Waals surface area contributed by atoms with Gasteiger partial charge in [-0.25, -0.2) is 8.42 Å². The van der Waals surface area contributed by atoms with Crippen LogP contribution in [0.4, 0.5) is 5.82 Å². The number of nitrogens with zero attached hydrogens (tertiary/aromatic N) is 2. The van der Waals surface area contributed by atoms with E-state index in [9.17, 15) is 8.42 Å². The van der Waals surface area contributed by atoms with Gasteiger partial charge in [0.1, 0.15) is 17.3 Å². The monoisotopic (exact) mass is 308 g/mol. The molecule has 21 heavy (non-hydrogen) atoms. The molecule has 1 atom stereocenters. The Labute approximate surface area is 122 Å². The van der Waals surface area contributed by atoms with Gasteiger partial charge in [0.15, 0.2) is 5.82 Å². The molecule has 1 aromatic carbocycles. The number of fused-ring (bicyclic) bond motifs is 1. The number of sulfonamides is 1.